The normalized spacial score (nSPS) is 11.3. The molecule has 4 heteroatoms. The fourth-order valence-corrected chi connectivity index (χ4v) is 2.48. The molecule has 1 N–H and O–H groups in total. The fourth-order valence-electron chi connectivity index (χ4n) is 2.48. The summed E-state index contributed by atoms with van der Waals surface area (Å²) in [6.07, 6.45) is 1.92. The first-order valence-electron chi connectivity index (χ1n) is 6.82. The van der Waals surface area contributed by atoms with Crippen molar-refractivity contribution in [3.05, 3.63) is 53.0 Å². The maximum atomic E-state index is 5.77. The lowest BCUT2D eigenvalue weighted by Gasteiger charge is -2.04. The number of benzene rings is 1. The number of aryl methyl sites for hydroxylation is 2. The highest BCUT2D eigenvalue weighted by Crippen LogP contribution is 2.25. The number of rotatable bonds is 4. The summed E-state index contributed by atoms with van der Waals surface area (Å²) in [6.45, 7) is 5.73. The van der Waals surface area contributed by atoms with Gasteiger partial charge in [0.15, 0.2) is 0 Å². The summed E-state index contributed by atoms with van der Waals surface area (Å²) in [7, 11) is 1.96. The first-order valence-corrected chi connectivity index (χ1v) is 6.82. The molecule has 0 saturated carbocycles. The molecule has 0 spiro atoms. The van der Waals surface area contributed by atoms with Gasteiger partial charge in [-0.05, 0) is 19.9 Å². The van der Waals surface area contributed by atoms with E-state index in [9.17, 15) is 0 Å². The maximum Gasteiger partial charge on any atom is 0.134 e. The van der Waals surface area contributed by atoms with Crippen LogP contribution in [0.2, 0.25) is 0 Å². The van der Waals surface area contributed by atoms with E-state index in [0.717, 1.165) is 24.4 Å². The number of para-hydroxylation sites is 1. The van der Waals surface area contributed by atoms with Crippen molar-refractivity contribution in [2.75, 3.05) is 0 Å². The van der Waals surface area contributed by atoms with Crippen molar-refractivity contribution in [2.24, 2.45) is 7.05 Å². The van der Waals surface area contributed by atoms with Crippen LogP contribution < -0.4 is 5.32 Å². The van der Waals surface area contributed by atoms with Crippen molar-refractivity contribution in [1.82, 2.24) is 15.1 Å². The Hall–Kier alpha value is -2.07. The average Bonchev–Trinajstić information content (AvgIpc) is 2.93. The zero-order chi connectivity index (χ0) is 14.1. The predicted molar refractivity (Wildman–Crippen MR) is 79.4 cm³/mol. The van der Waals surface area contributed by atoms with Crippen LogP contribution in [0.1, 0.15) is 22.6 Å². The molecule has 0 fully saturated rings. The summed E-state index contributed by atoms with van der Waals surface area (Å²) in [4.78, 5) is 0. The van der Waals surface area contributed by atoms with Crippen LogP contribution in [0.5, 0.6) is 0 Å². The third-order valence-corrected chi connectivity index (χ3v) is 3.85. The van der Waals surface area contributed by atoms with Crippen LogP contribution in [0.25, 0.3) is 11.0 Å². The van der Waals surface area contributed by atoms with Crippen molar-refractivity contribution in [3.63, 3.8) is 0 Å². The molecule has 0 atom stereocenters. The van der Waals surface area contributed by atoms with Gasteiger partial charge in [0.2, 0.25) is 0 Å². The van der Waals surface area contributed by atoms with Crippen LogP contribution >= 0.6 is 0 Å². The van der Waals surface area contributed by atoms with Gasteiger partial charge in [-0.15, -0.1) is 0 Å². The average molecular weight is 269 g/mol. The van der Waals surface area contributed by atoms with E-state index in [1.54, 1.807) is 0 Å². The monoisotopic (exact) mass is 269 g/mol. The Morgan fingerprint density at radius 2 is 2.00 bits per heavy atom. The van der Waals surface area contributed by atoms with Crippen LogP contribution in [0.4, 0.5) is 0 Å². The van der Waals surface area contributed by atoms with E-state index in [0.29, 0.717) is 0 Å². The van der Waals surface area contributed by atoms with Crippen LogP contribution in [0, 0.1) is 13.8 Å². The van der Waals surface area contributed by atoms with Crippen LogP contribution in [-0.4, -0.2) is 9.78 Å². The molecular weight excluding hydrogens is 250 g/mol. The third-order valence-electron chi connectivity index (χ3n) is 3.85. The van der Waals surface area contributed by atoms with Crippen molar-refractivity contribution >= 4 is 11.0 Å². The highest BCUT2D eigenvalue weighted by molar-refractivity contribution is 5.82. The molecule has 0 aliphatic heterocycles. The molecule has 0 aliphatic carbocycles. The van der Waals surface area contributed by atoms with E-state index in [2.05, 4.69) is 23.4 Å². The molecule has 0 unspecified atom stereocenters. The van der Waals surface area contributed by atoms with Crippen molar-refractivity contribution < 1.29 is 4.42 Å². The molecule has 0 amide bonds. The van der Waals surface area contributed by atoms with Gasteiger partial charge in [-0.25, -0.2) is 0 Å². The Bertz CT molecular complexity index is 739. The summed E-state index contributed by atoms with van der Waals surface area (Å²) in [5, 5.41) is 8.93. The molecule has 0 bridgehead atoms. The third kappa shape index (κ3) is 2.23. The first kappa shape index (κ1) is 12.9. The van der Waals surface area contributed by atoms with Crippen LogP contribution in [-0.2, 0) is 20.1 Å². The smallest absolute Gasteiger partial charge is 0.134 e. The molecule has 4 nitrogen and oxygen atoms in total. The summed E-state index contributed by atoms with van der Waals surface area (Å²) >= 11 is 0. The Kier molecular flexibility index (Phi) is 3.32. The lowest BCUT2D eigenvalue weighted by atomic mass is 10.1. The molecule has 2 aromatic heterocycles. The van der Waals surface area contributed by atoms with Crippen molar-refractivity contribution in [3.8, 4) is 0 Å². The number of furan rings is 1. The number of fused-ring (bicyclic) bond motifs is 1. The van der Waals surface area contributed by atoms with Gasteiger partial charge in [0.1, 0.15) is 11.3 Å². The van der Waals surface area contributed by atoms with Crippen molar-refractivity contribution in [1.29, 1.82) is 0 Å². The Labute approximate surface area is 118 Å². The van der Waals surface area contributed by atoms with Gasteiger partial charge in [-0.1, -0.05) is 18.2 Å². The molecule has 2 heterocycles. The fraction of sp³-hybridized carbons (Fsp3) is 0.312. The van der Waals surface area contributed by atoms with Gasteiger partial charge in [-0.2, -0.15) is 5.10 Å². The van der Waals surface area contributed by atoms with E-state index in [4.69, 9.17) is 4.42 Å². The lowest BCUT2D eigenvalue weighted by molar-refractivity contribution is 0.565. The van der Waals surface area contributed by atoms with Gasteiger partial charge >= 0.3 is 0 Å². The van der Waals surface area contributed by atoms with Gasteiger partial charge in [-0.3, -0.25) is 4.68 Å². The maximum absolute atomic E-state index is 5.77. The summed E-state index contributed by atoms with van der Waals surface area (Å²) < 4.78 is 7.67. The van der Waals surface area contributed by atoms with E-state index in [-0.39, 0.29) is 0 Å². The van der Waals surface area contributed by atoms with Crippen LogP contribution in [0.3, 0.4) is 0 Å². The quantitative estimate of drug-likeness (QED) is 0.791. The second kappa shape index (κ2) is 5.13. The Balaban J connectivity index is 1.74. The molecular formula is C16H19N3O. The number of aromatic nitrogens is 2. The molecule has 0 saturated heterocycles. The Morgan fingerprint density at radius 1 is 1.20 bits per heavy atom. The minimum atomic E-state index is 0.803. The highest BCUT2D eigenvalue weighted by Gasteiger charge is 2.10. The zero-order valence-electron chi connectivity index (χ0n) is 12.1. The number of nitrogens with zero attached hydrogens (tertiary/aromatic N) is 2. The standard InChI is InChI=1S/C16H19N3O/c1-11-13(9-18-19(11)3)8-17-10-15-12(2)20-16-7-5-4-6-14(15)16/h4-7,9,17H,8,10H2,1-3H3. The molecule has 1 aromatic carbocycles. The van der Waals surface area contributed by atoms with Gasteiger partial charge in [0, 0.05) is 42.3 Å². The second-order valence-corrected chi connectivity index (χ2v) is 5.12. The molecule has 0 radical (unpaired) electrons. The SMILES string of the molecule is Cc1oc2ccccc2c1CNCc1cnn(C)c1C. The first-order chi connectivity index (χ1) is 9.66. The van der Waals surface area contributed by atoms with E-state index in [1.165, 1.54) is 22.2 Å². The molecule has 20 heavy (non-hydrogen) atoms. The van der Waals surface area contributed by atoms with Crippen molar-refractivity contribution in [2.45, 2.75) is 26.9 Å². The number of hydrogen-bond donors (Lipinski definition) is 1. The minimum absolute atomic E-state index is 0.803. The molecule has 0 aliphatic rings. The minimum Gasteiger partial charge on any atom is -0.461 e. The number of hydrogen-bond acceptors (Lipinski definition) is 3. The predicted octanol–water partition coefficient (Wildman–Crippen LogP) is 3.07. The van der Waals surface area contributed by atoms with E-state index >= 15 is 0 Å². The lowest BCUT2D eigenvalue weighted by Crippen LogP contribution is -2.13. The van der Waals surface area contributed by atoms with Crippen LogP contribution in [0.15, 0.2) is 34.9 Å². The van der Waals surface area contributed by atoms with Gasteiger partial charge in [0.05, 0.1) is 6.20 Å². The van der Waals surface area contributed by atoms with E-state index < -0.39 is 0 Å². The summed E-state index contributed by atoms with van der Waals surface area (Å²) in [5.74, 6) is 0.988. The molecule has 3 aromatic rings. The number of nitrogens with one attached hydrogen (secondary N) is 1. The van der Waals surface area contributed by atoms with Gasteiger partial charge in [0.25, 0.3) is 0 Å². The molecule has 3 rings (SSSR count). The summed E-state index contributed by atoms with van der Waals surface area (Å²) in [5.41, 5.74) is 4.63. The zero-order valence-corrected chi connectivity index (χ0v) is 12.1. The highest BCUT2D eigenvalue weighted by atomic mass is 16.3. The second-order valence-electron chi connectivity index (χ2n) is 5.12. The Morgan fingerprint density at radius 3 is 2.75 bits per heavy atom. The largest absolute Gasteiger partial charge is 0.461 e. The summed E-state index contributed by atoms with van der Waals surface area (Å²) in [6, 6.07) is 8.17. The molecule has 104 valence electrons. The topological polar surface area (TPSA) is 43.0 Å². The van der Waals surface area contributed by atoms with E-state index in [1.807, 2.05) is 43.0 Å². The van der Waals surface area contributed by atoms with Gasteiger partial charge < -0.3 is 9.73 Å².